The third kappa shape index (κ3) is 5.58. The van der Waals surface area contributed by atoms with Crippen LogP contribution in [0.5, 0.6) is 11.5 Å². The molecule has 0 atom stereocenters. The minimum absolute atomic E-state index is 0.0264. The Morgan fingerprint density at radius 1 is 1.07 bits per heavy atom. The van der Waals surface area contributed by atoms with Gasteiger partial charge in [-0.05, 0) is 79.8 Å². The molecule has 2 aliphatic rings. The van der Waals surface area contributed by atoms with Crippen molar-refractivity contribution in [1.82, 2.24) is 0 Å². The molecule has 0 aromatic heterocycles. The molecular formula is C31H28ClN3O6. The second-order valence-corrected chi connectivity index (χ2v) is 10.5. The molecule has 2 amide bonds. The summed E-state index contributed by atoms with van der Waals surface area (Å²) in [5.41, 5.74) is 10.7. The van der Waals surface area contributed by atoms with E-state index in [-0.39, 0.29) is 41.9 Å². The minimum Gasteiger partial charge on any atom is -0.495 e. The van der Waals surface area contributed by atoms with Gasteiger partial charge in [0, 0.05) is 28.6 Å². The smallest absolute Gasteiger partial charge is 0.316 e. The molecule has 41 heavy (non-hydrogen) atoms. The minimum atomic E-state index is -0.930. The molecule has 2 N–H and O–H groups in total. The Labute approximate surface area is 241 Å². The number of nitroso groups, excluding NO2 is 1. The van der Waals surface area contributed by atoms with Crippen LogP contribution in [0.15, 0.2) is 65.3 Å². The number of fused-ring (bicyclic) bond motifs is 1. The van der Waals surface area contributed by atoms with E-state index in [1.807, 2.05) is 25.1 Å². The summed E-state index contributed by atoms with van der Waals surface area (Å²) in [5, 5.41) is 2.92. The monoisotopic (exact) mass is 573 g/mol. The molecule has 3 aromatic rings. The second-order valence-electron chi connectivity index (χ2n) is 10.1. The molecule has 3 aromatic carbocycles. The van der Waals surface area contributed by atoms with Gasteiger partial charge in [-0.2, -0.15) is 0 Å². The molecule has 9 nitrogen and oxygen atoms in total. The number of methoxy groups -OCH3 is 1. The van der Waals surface area contributed by atoms with Crippen LogP contribution in [0.1, 0.15) is 46.3 Å². The van der Waals surface area contributed by atoms with Gasteiger partial charge in [-0.15, -0.1) is 4.91 Å². The summed E-state index contributed by atoms with van der Waals surface area (Å²) < 4.78 is 11.6. The van der Waals surface area contributed by atoms with Crippen molar-refractivity contribution in [3.8, 4) is 11.5 Å². The maximum absolute atomic E-state index is 13.2. The number of anilines is 2. The Morgan fingerprint density at radius 3 is 2.51 bits per heavy atom. The molecule has 1 aliphatic heterocycles. The number of Topliss-reactive ketones (excluding diaryl/α,β-unsaturated/α-hetero) is 1. The number of amides is 2. The normalized spacial score (nSPS) is 15.1. The van der Waals surface area contributed by atoms with Gasteiger partial charge in [-0.3, -0.25) is 19.3 Å². The van der Waals surface area contributed by atoms with E-state index in [2.05, 4.69) is 5.18 Å². The van der Waals surface area contributed by atoms with E-state index in [0.717, 1.165) is 24.0 Å². The van der Waals surface area contributed by atoms with Gasteiger partial charge in [0.25, 0.3) is 0 Å². The lowest BCUT2D eigenvalue weighted by atomic mass is 9.98. The first kappa shape index (κ1) is 28.0. The molecule has 1 fully saturated rings. The Bertz CT molecular complexity index is 1590. The van der Waals surface area contributed by atoms with Crippen LogP contribution in [-0.4, -0.2) is 31.3 Å². The first-order valence-electron chi connectivity index (χ1n) is 13.2. The fourth-order valence-electron chi connectivity index (χ4n) is 5.02. The Hall–Kier alpha value is -4.50. The molecule has 0 saturated heterocycles. The van der Waals surface area contributed by atoms with Gasteiger partial charge >= 0.3 is 5.91 Å². The van der Waals surface area contributed by atoms with Gasteiger partial charge in [0.15, 0.2) is 5.78 Å². The first-order valence-corrected chi connectivity index (χ1v) is 13.5. The Morgan fingerprint density at radius 2 is 1.83 bits per heavy atom. The summed E-state index contributed by atoms with van der Waals surface area (Å²) in [5.74, 6) is -0.402. The highest BCUT2D eigenvalue weighted by molar-refractivity contribution is 6.32. The molecule has 0 radical (unpaired) electrons. The van der Waals surface area contributed by atoms with Gasteiger partial charge < -0.3 is 15.2 Å². The number of ether oxygens (including phenoxy) is 2. The van der Waals surface area contributed by atoms with Crippen LogP contribution in [0, 0.1) is 17.7 Å². The molecule has 10 heteroatoms. The molecule has 1 heterocycles. The van der Waals surface area contributed by atoms with E-state index >= 15 is 0 Å². The van der Waals surface area contributed by atoms with Crippen molar-refractivity contribution in [2.24, 2.45) is 16.8 Å². The van der Waals surface area contributed by atoms with E-state index in [1.54, 1.807) is 24.3 Å². The van der Waals surface area contributed by atoms with Crippen molar-refractivity contribution in [3.05, 3.63) is 92.4 Å². The number of hydrogen-bond donors (Lipinski definition) is 1. The van der Waals surface area contributed by atoms with Crippen LogP contribution in [0.25, 0.3) is 5.70 Å². The van der Waals surface area contributed by atoms with Crippen LogP contribution in [-0.2, 0) is 16.0 Å². The van der Waals surface area contributed by atoms with E-state index in [1.165, 1.54) is 24.1 Å². The standard InChI is InChI=1S/C31H28ClN3O6/c1-17-4-3-5-23(32)28(17)29(33)22(30(37)18-6-7-18)16-41-21-10-12-24-19(14-21)9-13-27(36)35(24)25-11-8-20(31(38)34-39)15-26(25)40-2/h3-5,8,10-12,14-15,18H,6-7,9,13,16,33H2,1-2H3. The highest BCUT2D eigenvalue weighted by atomic mass is 35.5. The zero-order chi connectivity index (χ0) is 29.3. The molecule has 210 valence electrons. The molecule has 1 aliphatic carbocycles. The Kier molecular flexibility index (Phi) is 7.90. The summed E-state index contributed by atoms with van der Waals surface area (Å²) in [6.45, 7) is 1.87. The summed E-state index contributed by atoms with van der Waals surface area (Å²) in [6, 6.07) is 15.2. The summed E-state index contributed by atoms with van der Waals surface area (Å²) >= 11 is 6.45. The van der Waals surface area contributed by atoms with Crippen molar-refractivity contribution in [2.75, 3.05) is 18.6 Å². The average molecular weight is 574 g/mol. The lowest BCUT2D eigenvalue weighted by Crippen LogP contribution is -2.31. The molecule has 0 bridgehead atoms. The zero-order valence-electron chi connectivity index (χ0n) is 22.6. The quantitative estimate of drug-likeness (QED) is 0.249. The number of ketones is 1. The SMILES string of the molecule is COc1cc(C(=O)N=O)ccc1N1C(=O)CCc2cc(OCC(C(=O)C3CC3)=C(N)c3c(C)cccc3Cl)ccc21. The third-order valence-corrected chi connectivity index (χ3v) is 7.66. The molecule has 0 unspecified atom stereocenters. The number of nitrogens with two attached hydrogens (primary N) is 1. The van der Waals surface area contributed by atoms with Crippen molar-refractivity contribution >= 4 is 46.3 Å². The van der Waals surface area contributed by atoms with Crippen molar-refractivity contribution in [2.45, 2.75) is 32.6 Å². The fraction of sp³-hybridized carbons (Fsp3) is 0.258. The van der Waals surface area contributed by atoms with Crippen LogP contribution >= 0.6 is 11.6 Å². The molecular weight excluding hydrogens is 546 g/mol. The largest absolute Gasteiger partial charge is 0.495 e. The van der Waals surface area contributed by atoms with Gasteiger partial charge in [0.1, 0.15) is 18.1 Å². The number of hydrogen-bond acceptors (Lipinski definition) is 7. The van der Waals surface area contributed by atoms with Gasteiger partial charge in [0.05, 0.1) is 34.8 Å². The molecule has 1 saturated carbocycles. The predicted octanol–water partition coefficient (Wildman–Crippen LogP) is 5.90. The van der Waals surface area contributed by atoms with Crippen LogP contribution in [0.3, 0.4) is 0 Å². The predicted molar refractivity (Wildman–Crippen MR) is 156 cm³/mol. The van der Waals surface area contributed by atoms with Gasteiger partial charge in [0.2, 0.25) is 5.91 Å². The summed E-state index contributed by atoms with van der Waals surface area (Å²) in [6.07, 6.45) is 2.37. The highest BCUT2D eigenvalue weighted by Crippen LogP contribution is 2.41. The van der Waals surface area contributed by atoms with Gasteiger partial charge in [-0.25, -0.2) is 0 Å². The number of rotatable bonds is 9. The summed E-state index contributed by atoms with van der Waals surface area (Å²) in [4.78, 5) is 50.2. The maximum Gasteiger partial charge on any atom is 0.316 e. The van der Waals surface area contributed by atoms with E-state index in [9.17, 15) is 19.3 Å². The van der Waals surface area contributed by atoms with E-state index in [4.69, 9.17) is 26.8 Å². The number of halogens is 1. The van der Waals surface area contributed by atoms with Crippen LogP contribution < -0.4 is 20.1 Å². The first-order chi connectivity index (χ1) is 19.7. The number of benzene rings is 3. The topological polar surface area (TPSA) is 128 Å². The fourth-order valence-corrected chi connectivity index (χ4v) is 5.35. The number of carbonyl (C=O) groups is 3. The van der Waals surface area contributed by atoms with Crippen molar-refractivity contribution < 1.29 is 23.9 Å². The molecule has 0 spiro atoms. The van der Waals surface area contributed by atoms with E-state index in [0.29, 0.717) is 45.4 Å². The third-order valence-electron chi connectivity index (χ3n) is 7.35. The van der Waals surface area contributed by atoms with E-state index < -0.39 is 5.91 Å². The van der Waals surface area contributed by atoms with Crippen LogP contribution in [0.4, 0.5) is 11.4 Å². The molecule has 5 rings (SSSR count). The maximum atomic E-state index is 13.2. The number of nitrogens with zero attached hydrogens (tertiary/aromatic N) is 2. The van der Waals surface area contributed by atoms with Gasteiger partial charge in [-0.1, -0.05) is 23.7 Å². The second kappa shape index (κ2) is 11.5. The van der Waals surface area contributed by atoms with Crippen LogP contribution in [0.2, 0.25) is 5.02 Å². The number of aryl methyl sites for hydroxylation is 2. The van der Waals surface area contributed by atoms with Crippen molar-refractivity contribution in [1.29, 1.82) is 0 Å². The van der Waals surface area contributed by atoms with Crippen molar-refractivity contribution in [3.63, 3.8) is 0 Å². The average Bonchev–Trinajstić information content (AvgIpc) is 3.82. The Balaban J connectivity index is 1.45. The lowest BCUT2D eigenvalue weighted by molar-refractivity contribution is -0.118. The lowest BCUT2D eigenvalue weighted by Gasteiger charge is -2.31. The highest BCUT2D eigenvalue weighted by Gasteiger charge is 2.34. The summed E-state index contributed by atoms with van der Waals surface area (Å²) in [7, 11) is 1.41. The zero-order valence-corrected chi connectivity index (χ0v) is 23.4. The number of carbonyl (C=O) groups excluding carboxylic acids is 3.